The zero-order valence-electron chi connectivity index (χ0n) is 14.3. The number of benzene rings is 4. The van der Waals surface area contributed by atoms with Gasteiger partial charge in [-0.15, -0.1) is 0 Å². The van der Waals surface area contributed by atoms with Crippen molar-refractivity contribution < 1.29 is 4.74 Å². The van der Waals surface area contributed by atoms with Gasteiger partial charge in [-0.05, 0) is 39.2 Å². The molecule has 0 aromatic heterocycles. The highest BCUT2D eigenvalue weighted by molar-refractivity contribution is 5.87. The van der Waals surface area contributed by atoms with Gasteiger partial charge in [-0.25, -0.2) is 0 Å². The van der Waals surface area contributed by atoms with Crippen LogP contribution < -0.4 is 10.1 Å². The Labute approximate surface area is 148 Å². The fourth-order valence-corrected chi connectivity index (χ4v) is 3.37. The van der Waals surface area contributed by atoms with E-state index in [1.165, 1.54) is 32.7 Å². The van der Waals surface area contributed by atoms with Gasteiger partial charge in [0.2, 0.25) is 0 Å². The van der Waals surface area contributed by atoms with Crippen molar-refractivity contribution in [3.05, 3.63) is 90.0 Å². The number of hydrogen-bond acceptors (Lipinski definition) is 2. The Kier molecular flexibility index (Phi) is 4.36. The average Bonchev–Trinajstić information content (AvgIpc) is 2.68. The van der Waals surface area contributed by atoms with Crippen LogP contribution in [0.5, 0.6) is 5.75 Å². The summed E-state index contributed by atoms with van der Waals surface area (Å²) in [4.78, 5) is 0. The molecule has 0 aliphatic heterocycles. The molecule has 0 saturated carbocycles. The second-order valence-electron chi connectivity index (χ2n) is 6.25. The summed E-state index contributed by atoms with van der Waals surface area (Å²) in [6.45, 7) is 1.61. The van der Waals surface area contributed by atoms with Crippen molar-refractivity contribution in [3.63, 3.8) is 0 Å². The highest BCUT2D eigenvalue weighted by atomic mass is 16.5. The first-order valence-electron chi connectivity index (χ1n) is 8.58. The molecule has 0 amide bonds. The number of ether oxygens (including phenoxy) is 1. The first-order chi connectivity index (χ1) is 12.3. The molecule has 2 nitrogen and oxygen atoms in total. The number of rotatable bonds is 5. The van der Waals surface area contributed by atoms with E-state index < -0.39 is 0 Å². The van der Waals surface area contributed by atoms with Gasteiger partial charge in [0.15, 0.2) is 0 Å². The third-order valence-electron chi connectivity index (χ3n) is 4.66. The average molecular weight is 327 g/mol. The van der Waals surface area contributed by atoms with E-state index in [1.807, 2.05) is 0 Å². The van der Waals surface area contributed by atoms with Gasteiger partial charge in [0, 0.05) is 18.7 Å². The quantitative estimate of drug-likeness (QED) is 0.537. The predicted octanol–water partition coefficient (Wildman–Crippen LogP) is 5.29. The Bertz CT molecular complexity index is 1020. The molecule has 0 aliphatic carbocycles. The fourth-order valence-electron chi connectivity index (χ4n) is 3.37. The zero-order chi connectivity index (χ0) is 17.1. The smallest absolute Gasteiger partial charge is 0.123 e. The first kappa shape index (κ1) is 15.7. The fraction of sp³-hybridized carbons (Fsp3) is 0.130. The summed E-state index contributed by atoms with van der Waals surface area (Å²) in [6, 6.07) is 27.7. The summed E-state index contributed by atoms with van der Waals surface area (Å²) >= 11 is 0. The topological polar surface area (TPSA) is 21.3 Å². The van der Waals surface area contributed by atoms with Crippen molar-refractivity contribution >= 4 is 21.5 Å². The van der Waals surface area contributed by atoms with Crippen LogP contribution in [0.25, 0.3) is 21.5 Å². The standard InChI is InChI=1S/C23H21NO/c1-25-23-13-12-19-7-4-5-9-21(19)22(23)16-24-15-17-10-11-18-6-2-3-8-20(18)14-17/h2-14,24H,15-16H2,1H3. The molecule has 4 aromatic rings. The van der Waals surface area contributed by atoms with Gasteiger partial charge in [0.25, 0.3) is 0 Å². The Balaban J connectivity index is 1.55. The van der Waals surface area contributed by atoms with Crippen molar-refractivity contribution in [2.45, 2.75) is 13.1 Å². The summed E-state index contributed by atoms with van der Waals surface area (Å²) in [6.07, 6.45) is 0. The largest absolute Gasteiger partial charge is 0.496 e. The maximum atomic E-state index is 5.57. The van der Waals surface area contributed by atoms with Crippen molar-refractivity contribution in [1.29, 1.82) is 0 Å². The van der Waals surface area contributed by atoms with E-state index in [0.29, 0.717) is 0 Å². The SMILES string of the molecule is COc1ccc2ccccc2c1CNCc1ccc2ccccc2c1. The summed E-state index contributed by atoms with van der Waals surface area (Å²) in [5.41, 5.74) is 2.50. The number of methoxy groups -OCH3 is 1. The van der Waals surface area contributed by atoms with Gasteiger partial charge >= 0.3 is 0 Å². The highest BCUT2D eigenvalue weighted by Gasteiger charge is 2.08. The van der Waals surface area contributed by atoms with E-state index in [4.69, 9.17) is 4.74 Å². The third kappa shape index (κ3) is 3.21. The van der Waals surface area contributed by atoms with E-state index in [1.54, 1.807) is 7.11 Å². The molecule has 0 bridgehead atoms. The maximum Gasteiger partial charge on any atom is 0.123 e. The second-order valence-corrected chi connectivity index (χ2v) is 6.25. The Hall–Kier alpha value is -2.84. The molecule has 0 radical (unpaired) electrons. The minimum Gasteiger partial charge on any atom is -0.496 e. The molecule has 0 aliphatic rings. The van der Waals surface area contributed by atoms with Crippen LogP contribution in [0.15, 0.2) is 78.9 Å². The molecule has 4 aromatic carbocycles. The van der Waals surface area contributed by atoms with Crippen LogP contribution in [0.3, 0.4) is 0 Å². The Morgan fingerprint density at radius 1 is 0.720 bits per heavy atom. The lowest BCUT2D eigenvalue weighted by Crippen LogP contribution is -2.13. The molecular formula is C23H21NO. The highest BCUT2D eigenvalue weighted by Crippen LogP contribution is 2.28. The molecule has 2 heteroatoms. The van der Waals surface area contributed by atoms with Crippen LogP contribution in [0.2, 0.25) is 0 Å². The molecule has 0 fully saturated rings. The number of fused-ring (bicyclic) bond motifs is 2. The Morgan fingerprint density at radius 2 is 1.44 bits per heavy atom. The molecule has 4 rings (SSSR count). The predicted molar refractivity (Wildman–Crippen MR) is 105 cm³/mol. The van der Waals surface area contributed by atoms with Crippen molar-refractivity contribution in [2.24, 2.45) is 0 Å². The Morgan fingerprint density at radius 3 is 2.28 bits per heavy atom. The molecule has 124 valence electrons. The minimum absolute atomic E-state index is 0.775. The molecule has 0 spiro atoms. The van der Waals surface area contributed by atoms with Crippen molar-refractivity contribution in [3.8, 4) is 5.75 Å². The summed E-state index contributed by atoms with van der Waals surface area (Å²) in [7, 11) is 1.73. The van der Waals surface area contributed by atoms with E-state index in [0.717, 1.165) is 18.8 Å². The monoisotopic (exact) mass is 327 g/mol. The van der Waals surface area contributed by atoms with E-state index in [2.05, 4.69) is 84.2 Å². The van der Waals surface area contributed by atoms with Crippen LogP contribution >= 0.6 is 0 Å². The van der Waals surface area contributed by atoms with Crippen LogP contribution in [-0.4, -0.2) is 7.11 Å². The van der Waals surface area contributed by atoms with Crippen molar-refractivity contribution in [1.82, 2.24) is 5.32 Å². The van der Waals surface area contributed by atoms with Crippen LogP contribution in [0.1, 0.15) is 11.1 Å². The lowest BCUT2D eigenvalue weighted by molar-refractivity contribution is 0.408. The summed E-state index contributed by atoms with van der Waals surface area (Å²) in [5.74, 6) is 0.935. The second kappa shape index (κ2) is 6.96. The van der Waals surface area contributed by atoms with Gasteiger partial charge in [0.1, 0.15) is 5.75 Å². The van der Waals surface area contributed by atoms with Gasteiger partial charge in [0.05, 0.1) is 7.11 Å². The van der Waals surface area contributed by atoms with Gasteiger partial charge in [-0.3, -0.25) is 0 Å². The van der Waals surface area contributed by atoms with Crippen molar-refractivity contribution in [2.75, 3.05) is 7.11 Å². The minimum atomic E-state index is 0.775. The van der Waals surface area contributed by atoms with E-state index in [-0.39, 0.29) is 0 Å². The zero-order valence-corrected chi connectivity index (χ0v) is 14.3. The molecule has 25 heavy (non-hydrogen) atoms. The van der Waals surface area contributed by atoms with E-state index in [9.17, 15) is 0 Å². The van der Waals surface area contributed by atoms with Gasteiger partial charge in [-0.2, -0.15) is 0 Å². The molecule has 1 N–H and O–H groups in total. The lowest BCUT2D eigenvalue weighted by atomic mass is 10.0. The molecule has 0 heterocycles. The van der Waals surface area contributed by atoms with Crippen LogP contribution in [-0.2, 0) is 13.1 Å². The lowest BCUT2D eigenvalue weighted by Gasteiger charge is -2.13. The maximum absolute atomic E-state index is 5.57. The van der Waals surface area contributed by atoms with Gasteiger partial charge in [-0.1, -0.05) is 66.7 Å². The molecule has 0 unspecified atom stereocenters. The van der Waals surface area contributed by atoms with Crippen LogP contribution in [0, 0.1) is 0 Å². The van der Waals surface area contributed by atoms with Crippen LogP contribution in [0.4, 0.5) is 0 Å². The number of nitrogens with one attached hydrogen (secondary N) is 1. The number of hydrogen-bond donors (Lipinski definition) is 1. The summed E-state index contributed by atoms with van der Waals surface area (Å²) < 4.78 is 5.57. The molecular weight excluding hydrogens is 306 g/mol. The normalized spacial score (nSPS) is 11.1. The summed E-state index contributed by atoms with van der Waals surface area (Å²) in [5, 5.41) is 8.62. The first-order valence-corrected chi connectivity index (χ1v) is 8.58. The van der Waals surface area contributed by atoms with E-state index >= 15 is 0 Å². The molecule has 0 saturated heterocycles. The van der Waals surface area contributed by atoms with Gasteiger partial charge < -0.3 is 10.1 Å². The molecule has 0 atom stereocenters. The third-order valence-corrected chi connectivity index (χ3v) is 4.66.